The molecule has 0 amide bonds. The van der Waals surface area contributed by atoms with Crippen LogP contribution in [0.15, 0.2) is 11.6 Å². The van der Waals surface area contributed by atoms with E-state index in [9.17, 15) is 8.42 Å². The zero-order chi connectivity index (χ0) is 16.7. The molecule has 5 nitrogen and oxygen atoms in total. The molecule has 2 rings (SSSR count). The Hall–Kier alpha value is -0.430. The fourth-order valence-electron chi connectivity index (χ4n) is 3.59. The minimum absolute atomic E-state index is 0.436. The first-order valence-corrected chi connectivity index (χ1v) is 10.6. The fraction of sp³-hybridized carbons (Fsp3) is 0.882. The monoisotopic (exact) mass is 343 g/mol. The Balaban J connectivity index is 1.76. The minimum atomic E-state index is -3.29. The van der Waals surface area contributed by atoms with Gasteiger partial charge in [-0.15, -0.1) is 0 Å². The molecule has 0 aromatic heterocycles. The predicted octanol–water partition coefficient (Wildman–Crippen LogP) is 2.38. The molecule has 2 aliphatic rings. The van der Waals surface area contributed by atoms with Crippen molar-refractivity contribution < 1.29 is 8.42 Å². The Kier molecular flexibility index (Phi) is 7.53. The van der Waals surface area contributed by atoms with Crippen LogP contribution in [0.3, 0.4) is 0 Å². The molecule has 2 aliphatic heterocycles. The van der Waals surface area contributed by atoms with Crippen LogP contribution in [-0.2, 0) is 10.2 Å². The van der Waals surface area contributed by atoms with E-state index in [2.05, 4.69) is 29.5 Å². The van der Waals surface area contributed by atoms with Crippen molar-refractivity contribution in [3.8, 4) is 0 Å². The third kappa shape index (κ3) is 6.18. The van der Waals surface area contributed by atoms with Gasteiger partial charge in [-0.05, 0) is 45.1 Å². The first-order valence-electron chi connectivity index (χ1n) is 9.14. The molecule has 0 aliphatic carbocycles. The molecule has 0 radical (unpaired) electrons. The molecule has 0 aromatic rings. The summed E-state index contributed by atoms with van der Waals surface area (Å²) in [6, 6.07) is 0. The number of allylic oxidation sites excluding steroid dienone is 1. The first kappa shape index (κ1) is 18.9. The Morgan fingerprint density at radius 1 is 1.17 bits per heavy atom. The summed E-state index contributed by atoms with van der Waals surface area (Å²) in [5, 5.41) is 0. The lowest BCUT2D eigenvalue weighted by molar-refractivity contribution is 0.349. The molecule has 2 fully saturated rings. The second-order valence-electron chi connectivity index (χ2n) is 7.02. The van der Waals surface area contributed by atoms with E-state index >= 15 is 0 Å². The first-order chi connectivity index (χ1) is 11.0. The van der Waals surface area contributed by atoms with E-state index in [1.807, 2.05) is 0 Å². The summed E-state index contributed by atoms with van der Waals surface area (Å²) in [5.41, 5.74) is 1.42. The number of hydrogen-bond donors (Lipinski definition) is 1. The van der Waals surface area contributed by atoms with E-state index in [4.69, 9.17) is 0 Å². The summed E-state index contributed by atoms with van der Waals surface area (Å²) >= 11 is 0. The molecular weight excluding hydrogens is 310 g/mol. The largest absolute Gasteiger partial charge is 0.299 e. The number of likely N-dealkylation sites (tertiary alicyclic amines) is 1. The van der Waals surface area contributed by atoms with E-state index < -0.39 is 10.2 Å². The van der Waals surface area contributed by atoms with E-state index in [0.29, 0.717) is 25.6 Å². The third-order valence-electron chi connectivity index (χ3n) is 4.85. The lowest BCUT2D eigenvalue weighted by Crippen LogP contribution is -2.43. The van der Waals surface area contributed by atoms with Gasteiger partial charge in [-0.25, -0.2) is 4.72 Å². The number of nitrogens with zero attached hydrogens (tertiary/aromatic N) is 2. The Morgan fingerprint density at radius 2 is 1.87 bits per heavy atom. The van der Waals surface area contributed by atoms with Crippen molar-refractivity contribution in [3.05, 3.63) is 11.6 Å². The molecule has 6 heteroatoms. The topological polar surface area (TPSA) is 52.7 Å². The van der Waals surface area contributed by atoms with Crippen LogP contribution in [0.5, 0.6) is 0 Å². The van der Waals surface area contributed by atoms with Gasteiger partial charge in [-0.3, -0.25) is 4.90 Å². The maximum Gasteiger partial charge on any atom is 0.279 e. The lowest BCUT2D eigenvalue weighted by Gasteiger charge is -2.22. The predicted molar refractivity (Wildman–Crippen MR) is 95.6 cm³/mol. The van der Waals surface area contributed by atoms with E-state index in [1.165, 1.54) is 5.57 Å². The van der Waals surface area contributed by atoms with Gasteiger partial charge in [-0.2, -0.15) is 12.7 Å². The zero-order valence-corrected chi connectivity index (χ0v) is 15.6. The highest BCUT2D eigenvalue weighted by Crippen LogP contribution is 2.18. The molecule has 134 valence electrons. The molecule has 0 aromatic carbocycles. The van der Waals surface area contributed by atoms with E-state index in [0.717, 1.165) is 58.2 Å². The van der Waals surface area contributed by atoms with Crippen LogP contribution < -0.4 is 4.72 Å². The van der Waals surface area contributed by atoms with Gasteiger partial charge in [0.05, 0.1) is 0 Å². The van der Waals surface area contributed by atoms with Gasteiger partial charge in [0.1, 0.15) is 0 Å². The third-order valence-corrected chi connectivity index (χ3v) is 6.43. The molecule has 2 heterocycles. The number of hydrogen-bond acceptors (Lipinski definition) is 3. The van der Waals surface area contributed by atoms with Crippen LogP contribution in [0.4, 0.5) is 0 Å². The van der Waals surface area contributed by atoms with Gasteiger partial charge in [0, 0.05) is 32.7 Å². The zero-order valence-electron chi connectivity index (χ0n) is 14.8. The van der Waals surface area contributed by atoms with E-state index in [1.54, 1.807) is 4.31 Å². The van der Waals surface area contributed by atoms with Crippen molar-refractivity contribution in [1.82, 2.24) is 13.9 Å². The summed E-state index contributed by atoms with van der Waals surface area (Å²) in [6.45, 7) is 9.35. The highest BCUT2D eigenvalue weighted by molar-refractivity contribution is 7.87. The van der Waals surface area contributed by atoms with Gasteiger partial charge in [-0.1, -0.05) is 31.4 Å². The standard InChI is InChI=1S/C17H33N3O2S/c1-3-8-16(2)14-19-12-9-17(15-19)13-18-23(21,22)20-10-6-4-5-7-11-20/h8,17-18H,3-7,9-15H2,1-2H3/b16-8+/t17-/m0/s1. The van der Waals surface area contributed by atoms with Crippen molar-refractivity contribution in [2.75, 3.05) is 39.3 Å². The summed E-state index contributed by atoms with van der Waals surface area (Å²) in [6.07, 6.45) is 8.71. The molecule has 2 saturated heterocycles. The quantitative estimate of drug-likeness (QED) is 0.722. The molecule has 0 spiro atoms. The Morgan fingerprint density at radius 3 is 2.52 bits per heavy atom. The van der Waals surface area contributed by atoms with Crippen LogP contribution in [0.25, 0.3) is 0 Å². The second kappa shape index (κ2) is 9.16. The van der Waals surface area contributed by atoms with Crippen molar-refractivity contribution in [2.24, 2.45) is 5.92 Å². The lowest BCUT2D eigenvalue weighted by atomic mass is 10.1. The maximum absolute atomic E-state index is 12.4. The average molecular weight is 344 g/mol. The fourth-order valence-corrected chi connectivity index (χ4v) is 4.95. The smallest absolute Gasteiger partial charge is 0.279 e. The summed E-state index contributed by atoms with van der Waals surface area (Å²) in [4.78, 5) is 2.44. The summed E-state index contributed by atoms with van der Waals surface area (Å²) in [5.74, 6) is 0.436. The molecule has 0 saturated carbocycles. The van der Waals surface area contributed by atoms with Crippen LogP contribution in [0.1, 0.15) is 52.4 Å². The molecular formula is C17H33N3O2S. The SMILES string of the molecule is CC/C=C(\C)CN1CC[C@@H](CNS(=O)(=O)N2CCCCCC2)C1. The Labute approximate surface area is 142 Å². The molecule has 0 bridgehead atoms. The normalized spacial score (nSPS) is 25.7. The van der Waals surface area contributed by atoms with Gasteiger partial charge >= 0.3 is 0 Å². The molecule has 1 atom stereocenters. The number of nitrogens with one attached hydrogen (secondary N) is 1. The summed E-state index contributed by atoms with van der Waals surface area (Å²) in [7, 11) is -3.29. The minimum Gasteiger partial charge on any atom is -0.299 e. The highest BCUT2D eigenvalue weighted by Gasteiger charge is 2.27. The van der Waals surface area contributed by atoms with Crippen molar-refractivity contribution in [3.63, 3.8) is 0 Å². The Bertz CT molecular complexity index is 482. The molecule has 1 N–H and O–H groups in total. The maximum atomic E-state index is 12.4. The molecule has 0 unspecified atom stereocenters. The van der Waals surface area contributed by atoms with Crippen LogP contribution >= 0.6 is 0 Å². The average Bonchev–Trinajstić information content (AvgIpc) is 2.76. The number of rotatable bonds is 7. The van der Waals surface area contributed by atoms with Gasteiger partial charge in [0.2, 0.25) is 0 Å². The van der Waals surface area contributed by atoms with Gasteiger partial charge in [0.15, 0.2) is 0 Å². The van der Waals surface area contributed by atoms with Crippen LogP contribution in [-0.4, -0.2) is 56.9 Å². The van der Waals surface area contributed by atoms with Crippen molar-refractivity contribution in [2.45, 2.75) is 52.4 Å². The van der Waals surface area contributed by atoms with Gasteiger partial charge in [0.25, 0.3) is 10.2 Å². The second-order valence-corrected chi connectivity index (χ2v) is 8.77. The van der Waals surface area contributed by atoms with E-state index in [-0.39, 0.29) is 0 Å². The van der Waals surface area contributed by atoms with Gasteiger partial charge < -0.3 is 0 Å². The highest BCUT2D eigenvalue weighted by atomic mass is 32.2. The van der Waals surface area contributed by atoms with Crippen LogP contribution in [0.2, 0.25) is 0 Å². The summed E-state index contributed by atoms with van der Waals surface area (Å²) < 4.78 is 29.4. The van der Waals surface area contributed by atoms with Crippen molar-refractivity contribution in [1.29, 1.82) is 0 Å². The van der Waals surface area contributed by atoms with Crippen molar-refractivity contribution >= 4 is 10.2 Å². The van der Waals surface area contributed by atoms with Crippen LogP contribution in [0, 0.1) is 5.92 Å². The molecule has 23 heavy (non-hydrogen) atoms.